The molecule has 4 nitrogen and oxygen atoms in total. The normalized spacial score (nSPS) is 10.3. The van der Waals surface area contributed by atoms with Crippen LogP contribution in [-0.2, 0) is 0 Å². The Morgan fingerprint density at radius 3 is 2.43 bits per heavy atom. The highest BCUT2D eigenvalue weighted by molar-refractivity contribution is 6.31. The molecule has 0 spiro atoms. The fraction of sp³-hybridized carbons (Fsp3) is 0.0556. The van der Waals surface area contributed by atoms with E-state index in [9.17, 15) is 15.3 Å². The summed E-state index contributed by atoms with van der Waals surface area (Å²) in [6, 6.07) is 15.9. The smallest absolute Gasteiger partial charge is 0.273 e. The van der Waals surface area contributed by atoms with Crippen molar-refractivity contribution in [3.8, 4) is 17.8 Å². The van der Waals surface area contributed by atoms with Gasteiger partial charge in [0.1, 0.15) is 11.6 Å². The Bertz CT molecular complexity index is 1080. The van der Waals surface area contributed by atoms with Crippen LogP contribution in [0.2, 0.25) is 5.02 Å². The molecule has 0 aliphatic carbocycles. The molecule has 3 rings (SSSR count). The molecule has 1 aromatic heterocycles. The summed E-state index contributed by atoms with van der Waals surface area (Å²) in [4.78, 5) is 12.6. The minimum atomic E-state index is -0.435. The molecule has 1 heterocycles. The van der Waals surface area contributed by atoms with Gasteiger partial charge in [0.05, 0.1) is 22.8 Å². The van der Waals surface area contributed by atoms with Gasteiger partial charge in [-0.1, -0.05) is 23.7 Å². The average Bonchev–Trinajstić information content (AvgIpc) is 2.55. The predicted molar refractivity (Wildman–Crippen MR) is 88.7 cm³/mol. The Balaban J connectivity index is 2.47. The Hall–Kier alpha value is -3.08. The molecule has 0 aliphatic heterocycles. The molecule has 0 saturated heterocycles. The van der Waals surface area contributed by atoms with Gasteiger partial charge in [-0.15, -0.1) is 0 Å². The molecule has 0 bridgehead atoms. The van der Waals surface area contributed by atoms with Gasteiger partial charge in [-0.2, -0.15) is 10.5 Å². The third-order valence-electron chi connectivity index (χ3n) is 3.69. The Morgan fingerprint density at radius 1 is 1.00 bits per heavy atom. The molecule has 0 radical (unpaired) electrons. The summed E-state index contributed by atoms with van der Waals surface area (Å²) in [5, 5.41) is 19.6. The molecule has 0 saturated carbocycles. The minimum Gasteiger partial charge on any atom is -0.276 e. The van der Waals surface area contributed by atoms with Crippen LogP contribution in [0.1, 0.15) is 16.7 Å². The number of fused-ring (bicyclic) bond motifs is 1. The fourth-order valence-electron chi connectivity index (χ4n) is 2.49. The number of halogens is 1. The molecular weight excluding hydrogens is 310 g/mol. The number of nitriles is 2. The molecule has 2 aromatic carbocycles. The van der Waals surface area contributed by atoms with Gasteiger partial charge >= 0.3 is 0 Å². The first-order valence-electron chi connectivity index (χ1n) is 6.81. The van der Waals surface area contributed by atoms with Crippen molar-refractivity contribution >= 4 is 22.5 Å². The van der Waals surface area contributed by atoms with Crippen LogP contribution in [0, 0.1) is 29.6 Å². The van der Waals surface area contributed by atoms with Crippen LogP contribution >= 0.6 is 11.6 Å². The molecule has 23 heavy (non-hydrogen) atoms. The number of nitrogens with zero attached hydrogens (tertiary/aromatic N) is 3. The van der Waals surface area contributed by atoms with Crippen molar-refractivity contribution in [3.05, 3.63) is 74.5 Å². The Morgan fingerprint density at radius 2 is 1.74 bits per heavy atom. The van der Waals surface area contributed by atoms with E-state index in [0.717, 1.165) is 10.9 Å². The topological polar surface area (TPSA) is 69.6 Å². The van der Waals surface area contributed by atoms with Crippen LogP contribution in [0.3, 0.4) is 0 Å². The molecule has 0 amide bonds. The largest absolute Gasteiger partial charge is 0.276 e. The van der Waals surface area contributed by atoms with E-state index in [0.29, 0.717) is 21.8 Å². The number of hydrogen-bond donors (Lipinski definition) is 0. The second-order valence-corrected chi connectivity index (χ2v) is 5.56. The zero-order valence-electron chi connectivity index (χ0n) is 12.2. The summed E-state index contributed by atoms with van der Waals surface area (Å²) in [5.74, 6) is 0. The van der Waals surface area contributed by atoms with Gasteiger partial charge in [-0.25, -0.2) is 0 Å². The van der Waals surface area contributed by atoms with E-state index in [2.05, 4.69) is 6.07 Å². The molecular formula is C18H10ClN3O. The summed E-state index contributed by atoms with van der Waals surface area (Å²) in [7, 11) is 0. The van der Waals surface area contributed by atoms with E-state index >= 15 is 0 Å². The quantitative estimate of drug-likeness (QED) is 0.686. The summed E-state index contributed by atoms with van der Waals surface area (Å²) in [6.45, 7) is 1.83. The first-order chi connectivity index (χ1) is 11.0. The van der Waals surface area contributed by atoms with Gasteiger partial charge in [-0.3, -0.25) is 9.36 Å². The summed E-state index contributed by atoms with van der Waals surface area (Å²) >= 11 is 6.06. The third-order valence-corrected chi connectivity index (χ3v) is 3.92. The van der Waals surface area contributed by atoms with Gasteiger partial charge in [0, 0.05) is 10.4 Å². The van der Waals surface area contributed by atoms with E-state index < -0.39 is 5.56 Å². The second kappa shape index (κ2) is 5.61. The Labute approximate surface area is 137 Å². The van der Waals surface area contributed by atoms with Gasteiger partial charge in [-0.05, 0) is 42.8 Å². The van der Waals surface area contributed by atoms with Gasteiger partial charge < -0.3 is 0 Å². The minimum absolute atomic E-state index is 0.0407. The SMILES string of the molecule is Cc1ccc(-n2c(=O)c(C#N)cc3ccc(Cl)cc32)cc1C#N. The van der Waals surface area contributed by atoms with Crippen LogP contribution in [-0.4, -0.2) is 4.57 Å². The highest BCUT2D eigenvalue weighted by Crippen LogP contribution is 2.23. The van der Waals surface area contributed by atoms with Crippen LogP contribution in [0.4, 0.5) is 0 Å². The summed E-state index contributed by atoms with van der Waals surface area (Å²) < 4.78 is 1.42. The van der Waals surface area contributed by atoms with E-state index in [1.165, 1.54) is 4.57 Å². The van der Waals surface area contributed by atoms with Crippen molar-refractivity contribution in [2.45, 2.75) is 6.92 Å². The molecule has 5 heteroatoms. The number of aryl methyl sites for hydroxylation is 1. The van der Waals surface area contributed by atoms with E-state index in [4.69, 9.17) is 11.6 Å². The summed E-state index contributed by atoms with van der Waals surface area (Å²) in [5.41, 5.74) is 2.03. The van der Waals surface area contributed by atoms with Crippen molar-refractivity contribution in [2.75, 3.05) is 0 Å². The van der Waals surface area contributed by atoms with Crippen molar-refractivity contribution in [3.63, 3.8) is 0 Å². The number of rotatable bonds is 1. The molecule has 0 unspecified atom stereocenters. The maximum absolute atomic E-state index is 12.6. The van der Waals surface area contributed by atoms with E-state index in [1.807, 2.05) is 13.0 Å². The molecule has 0 aliphatic rings. The van der Waals surface area contributed by atoms with Crippen LogP contribution < -0.4 is 5.56 Å². The van der Waals surface area contributed by atoms with Crippen molar-refractivity contribution < 1.29 is 0 Å². The molecule has 110 valence electrons. The predicted octanol–water partition coefficient (Wildman–Crippen LogP) is 3.70. The van der Waals surface area contributed by atoms with Gasteiger partial charge in [0.2, 0.25) is 0 Å². The van der Waals surface area contributed by atoms with Crippen molar-refractivity contribution in [1.82, 2.24) is 4.57 Å². The highest BCUT2D eigenvalue weighted by atomic mass is 35.5. The highest BCUT2D eigenvalue weighted by Gasteiger charge is 2.12. The van der Waals surface area contributed by atoms with Crippen molar-refractivity contribution in [2.24, 2.45) is 0 Å². The maximum atomic E-state index is 12.6. The van der Waals surface area contributed by atoms with Crippen LogP contribution in [0.25, 0.3) is 16.6 Å². The van der Waals surface area contributed by atoms with Crippen LogP contribution in [0.15, 0.2) is 47.3 Å². The molecule has 0 N–H and O–H groups in total. The fourth-order valence-corrected chi connectivity index (χ4v) is 2.65. The number of hydrogen-bond acceptors (Lipinski definition) is 3. The Kier molecular flexibility index (Phi) is 3.62. The number of benzene rings is 2. The zero-order valence-corrected chi connectivity index (χ0v) is 12.9. The standard InChI is InChI=1S/C18H10ClN3O/c1-11-2-5-16(7-13(11)9-20)22-17-8-15(19)4-3-12(17)6-14(10-21)18(22)23/h2-8H,1H3. The molecule has 3 aromatic rings. The van der Waals surface area contributed by atoms with Gasteiger partial charge in [0.25, 0.3) is 5.56 Å². The lowest BCUT2D eigenvalue weighted by Gasteiger charge is -2.12. The first-order valence-corrected chi connectivity index (χ1v) is 7.19. The summed E-state index contributed by atoms with van der Waals surface area (Å²) in [6.07, 6.45) is 0. The first kappa shape index (κ1) is 14.8. The van der Waals surface area contributed by atoms with Crippen molar-refractivity contribution in [1.29, 1.82) is 10.5 Å². The zero-order chi connectivity index (χ0) is 16.6. The average molecular weight is 320 g/mol. The molecule has 0 atom stereocenters. The third kappa shape index (κ3) is 2.46. The van der Waals surface area contributed by atoms with Gasteiger partial charge in [0.15, 0.2) is 0 Å². The lowest BCUT2D eigenvalue weighted by Crippen LogP contribution is -2.21. The lowest BCUT2D eigenvalue weighted by molar-refractivity contribution is 1.03. The number of pyridine rings is 1. The maximum Gasteiger partial charge on any atom is 0.273 e. The molecule has 0 fully saturated rings. The van der Waals surface area contributed by atoms with Crippen LogP contribution in [0.5, 0.6) is 0 Å². The second-order valence-electron chi connectivity index (χ2n) is 5.12. The number of aromatic nitrogens is 1. The lowest BCUT2D eigenvalue weighted by atomic mass is 10.1. The van der Waals surface area contributed by atoms with E-state index in [-0.39, 0.29) is 5.56 Å². The monoisotopic (exact) mass is 319 g/mol. The van der Waals surface area contributed by atoms with E-state index in [1.54, 1.807) is 42.5 Å².